The van der Waals surface area contributed by atoms with Gasteiger partial charge in [-0.25, -0.2) is 4.79 Å². The van der Waals surface area contributed by atoms with Crippen molar-refractivity contribution in [2.24, 2.45) is 35.0 Å². The van der Waals surface area contributed by atoms with Gasteiger partial charge in [0, 0.05) is 179 Å². The van der Waals surface area contributed by atoms with Gasteiger partial charge in [0.05, 0.1) is 94.5 Å². The third kappa shape index (κ3) is 45.6. The second-order valence-corrected chi connectivity index (χ2v) is 37.1. The highest BCUT2D eigenvalue weighted by Gasteiger charge is 2.45. The molecule has 122 heavy (non-hydrogen) atoms. The Kier molecular flexibility index (Phi) is 59.7. The van der Waals surface area contributed by atoms with Crippen LogP contribution in [0.2, 0.25) is 0 Å². The minimum Gasteiger partial charge on any atom is -0.466 e. The maximum atomic E-state index is 14.3. The summed E-state index contributed by atoms with van der Waals surface area (Å²) in [6, 6.07) is -0.0150. The second-order valence-electron chi connectivity index (χ2n) is 34.4. The van der Waals surface area contributed by atoms with Gasteiger partial charge in [-0.15, -0.1) is 0 Å². The number of nitrogens with one attached hydrogen (secondary N) is 3. The molecule has 2 aliphatic heterocycles. The molecule has 0 aromatic carbocycles. The number of carbonyl (C=O) groups excluding carboxylic acids is 9. The summed E-state index contributed by atoms with van der Waals surface area (Å²) in [5.41, 5.74) is -0.631. The summed E-state index contributed by atoms with van der Waals surface area (Å²) in [6.45, 7) is 7.97. The van der Waals surface area contributed by atoms with Crippen LogP contribution >= 0.6 is 21.6 Å². The average Bonchev–Trinajstić information content (AvgIpc) is 1.43. The monoisotopic (exact) mass is 1780 g/mol. The molecule has 4 amide bonds. The summed E-state index contributed by atoms with van der Waals surface area (Å²) in [4.78, 5) is 119. The van der Waals surface area contributed by atoms with E-state index in [4.69, 9.17) is 42.6 Å². The summed E-state index contributed by atoms with van der Waals surface area (Å²) in [5, 5.41) is 99.1. The van der Waals surface area contributed by atoms with Crippen LogP contribution < -0.4 is 16.0 Å². The van der Waals surface area contributed by atoms with E-state index in [1.54, 1.807) is 49.7 Å². The molecule has 4 rings (SSSR count). The number of aliphatic hydroxyl groups excluding tert-OH is 9. The highest BCUT2D eigenvalue weighted by Crippen LogP contribution is 2.41. The number of methoxy groups -OCH3 is 2. The summed E-state index contributed by atoms with van der Waals surface area (Å²) >= 11 is 0. The Balaban J connectivity index is 1.25. The third-order valence-electron chi connectivity index (χ3n) is 24.5. The van der Waals surface area contributed by atoms with Gasteiger partial charge in [0.25, 0.3) is 0 Å². The molecule has 16 unspecified atom stereocenters. The molecular weight excluding hydrogens is 1620 g/mol. The van der Waals surface area contributed by atoms with E-state index in [0.29, 0.717) is 187 Å². The van der Waals surface area contributed by atoms with Gasteiger partial charge in [0.2, 0.25) is 17.7 Å². The van der Waals surface area contributed by atoms with Crippen molar-refractivity contribution in [2.45, 2.75) is 357 Å². The summed E-state index contributed by atoms with van der Waals surface area (Å²) in [7, 11) is 6.47. The van der Waals surface area contributed by atoms with Crippen molar-refractivity contribution in [3.8, 4) is 0 Å². The molecule has 4 aliphatic rings. The standard InChI is InChI=1S/C89H158N4O27S2/c1-63-73(54-66(59-94)84(108)81(63)105)114-46-23-32-69(97)30-15-9-6-14-22-45-92-88(111)119-51-29-42-89(57-71(99)39-53-122-121-52-26-33-70(98)31-18-19-36-78(102)93-58-72(113-5)56-68(93)62-112-4,40-27-49-116-79(103)37-16-10-7-12-20-43-90-76(100)34-24-47-115-74-55-67(60-95)85(109)82(106)64(74)2)41-28-50-117-80(104)38-17-11-8-13-21-44-91-77(101)35-25-48-118-87-65(3)83(107)86(110)75(61-96)120-87/h63-68,72-75,81-87,94-96,105-110H,6-62H2,1-5H3,(H,90,100)(H,91,101)(H,92,111)/t63?,64?,65?,66?,67?,68-,72+,73?,74?,75?,81?,82?,83?,84?,85?,86?,87?,89?/m1/s1. The molecule has 12 N–H and O–H groups in total. The zero-order valence-electron chi connectivity index (χ0n) is 74.3. The van der Waals surface area contributed by atoms with Gasteiger partial charge >= 0.3 is 18.0 Å². The largest absolute Gasteiger partial charge is 0.466 e. The molecule has 0 spiro atoms. The molecule has 2 aliphatic carbocycles. The predicted octanol–water partition coefficient (Wildman–Crippen LogP) is 8.79. The number of ketones is 3. The Morgan fingerprint density at radius 1 is 0.418 bits per heavy atom. The number of hydrogen-bond acceptors (Lipinski definition) is 29. The second kappa shape index (κ2) is 66.2. The quantitative estimate of drug-likeness (QED) is 0.0117. The van der Waals surface area contributed by atoms with E-state index in [1.165, 1.54) is 0 Å². The summed E-state index contributed by atoms with van der Waals surface area (Å²) in [6.07, 6.45) is 14.0. The number of esters is 2. The van der Waals surface area contributed by atoms with Crippen molar-refractivity contribution >= 4 is 74.7 Å². The Labute approximate surface area is 734 Å². The van der Waals surface area contributed by atoms with Crippen LogP contribution in [0.5, 0.6) is 0 Å². The van der Waals surface area contributed by atoms with Crippen LogP contribution in [0.25, 0.3) is 0 Å². The molecule has 31 nitrogen and oxygen atoms in total. The SMILES string of the molecule is COC[C@H]1C[C@H](OC)CN1C(=O)CCCCC(=O)CCCSSCCC(=O)CC(CCCOC(=O)CCCCCCCNC(=O)CCCOC1CC(CO)C(O)C(O)C1C)(CCCOC(=O)CCCCCCCNC(=O)CCCOC1OC(CO)C(O)C(O)C1C)CCCOC(=O)NCCCCCCCC(=O)CCCOC1CC(CO)C(O)C(O)C1C. The minimum atomic E-state index is -1.22. The molecule has 2 saturated carbocycles. The van der Waals surface area contributed by atoms with Crippen LogP contribution in [0.3, 0.4) is 0 Å². The van der Waals surface area contributed by atoms with Crippen molar-refractivity contribution in [1.82, 2.24) is 20.9 Å². The van der Waals surface area contributed by atoms with Crippen LogP contribution in [0.1, 0.15) is 284 Å². The number of alkyl carbamates (subject to hydrolysis) is 1. The fraction of sp³-hybridized carbons (Fsp3) is 0.899. The number of likely N-dealkylation sites (tertiary alicyclic amines) is 1. The van der Waals surface area contributed by atoms with Crippen LogP contribution in [0.4, 0.5) is 4.79 Å². The molecule has 0 aromatic heterocycles. The first-order valence-electron chi connectivity index (χ1n) is 46.1. The number of unbranched alkanes of at least 4 members (excludes halogenated alkanes) is 13. The van der Waals surface area contributed by atoms with E-state index in [9.17, 15) is 89.1 Å². The predicted molar refractivity (Wildman–Crippen MR) is 463 cm³/mol. The molecule has 4 fully saturated rings. The number of hydrogen-bond donors (Lipinski definition) is 12. The van der Waals surface area contributed by atoms with Crippen LogP contribution in [0.15, 0.2) is 0 Å². The lowest BCUT2D eigenvalue weighted by Crippen LogP contribution is -2.55. The van der Waals surface area contributed by atoms with Gasteiger partial charge in [-0.2, -0.15) is 0 Å². The molecule has 2 heterocycles. The zero-order valence-corrected chi connectivity index (χ0v) is 75.9. The molecule has 0 aromatic rings. The van der Waals surface area contributed by atoms with E-state index in [2.05, 4.69) is 16.0 Å². The van der Waals surface area contributed by atoms with Gasteiger partial charge in [-0.3, -0.25) is 38.4 Å². The van der Waals surface area contributed by atoms with Crippen molar-refractivity contribution in [3.63, 3.8) is 0 Å². The Hall–Kier alpha value is -4.27. The van der Waals surface area contributed by atoms with Gasteiger partial charge in [-0.1, -0.05) is 100 Å². The van der Waals surface area contributed by atoms with Gasteiger partial charge in [0.15, 0.2) is 6.29 Å². The molecule has 2 saturated heterocycles. The van der Waals surface area contributed by atoms with E-state index >= 15 is 0 Å². The summed E-state index contributed by atoms with van der Waals surface area (Å²) in [5.74, 6) is -1.21. The number of carbonyl (C=O) groups is 9. The molecule has 33 heteroatoms. The zero-order chi connectivity index (χ0) is 89.3. The highest BCUT2D eigenvalue weighted by atomic mass is 33.1. The van der Waals surface area contributed by atoms with Crippen molar-refractivity contribution in [2.75, 3.05) is 118 Å². The smallest absolute Gasteiger partial charge is 0.407 e. The fourth-order valence-electron chi connectivity index (χ4n) is 16.7. The van der Waals surface area contributed by atoms with Crippen molar-refractivity contribution in [3.05, 3.63) is 0 Å². The van der Waals surface area contributed by atoms with Crippen molar-refractivity contribution in [1.29, 1.82) is 0 Å². The van der Waals surface area contributed by atoms with Gasteiger partial charge in [0.1, 0.15) is 29.6 Å². The van der Waals surface area contributed by atoms with E-state index in [0.717, 1.165) is 95.6 Å². The summed E-state index contributed by atoms with van der Waals surface area (Å²) < 4.78 is 51.4. The highest BCUT2D eigenvalue weighted by molar-refractivity contribution is 8.76. The number of aliphatic hydroxyl groups is 9. The topological polar surface area (TPSA) is 458 Å². The first kappa shape index (κ1) is 110. The molecule has 0 radical (unpaired) electrons. The maximum Gasteiger partial charge on any atom is 0.407 e. The number of ether oxygens (including phenoxy) is 9. The molecule has 18 atom stereocenters. The lowest BCUT2D eigenvalue weighted by atomic mass is 9.71. The minimum absolute atomic E-state index is 0.0132. The first-order chi connectivity index (χ1) is 58.8. The average molecular weight is 1780 g/mol. The van der Waals surface area contributed by atoms with E-state index in [1.807, 2.05) is 11.8 Å². The number of rotatable bonds is 72. The van der Waals surface area contributed by atoms with Crippen molar-refractivity contribution < 1.29 is 132 Å². The molecule has 0 bridgehead atoms. The van der Waals surface area contributed by atoms with Gasteiger partial charge < -0.3 is 109 Å². The number of amides is 4. The number of Topliss-reactive ketones (excluding diaryl/α,β-unsaturated/α-hetero) is 3. The Morgan fingerprint density at radius 2 is 0.852 bits per heavy atom. The Morgan fingerprint density at radius 3 is 1.36 bits per heavy atom. The first-order valence-corrected chi connectivity index (χ1v) is 48.6. The van der Waals surface area contributed by atoms with Crippen LogP contribution in [-0.4, -0.2) is 295 Å². The fourth-order valence-corrected chi connectivity index (χ4v) is 18.8. The van der Waals surface area contributed by atoms with Crippen LogP contribution in [-0.2, 0) is 81.0 Å². The lowest BCUT2D eigenvalue weighted by Gasteiger charge is -2.40. The number of nitrogens with zero attached hydrogens (tertiary/aromatic N) is 1. The molecular formula is C89H158N4O27S2. The molecule has 708 valence electrons. The van der Waals surface area contributed by atoms with E-state index < -0.39 is 84.9 Å². The van der Waals surface area contributed by atoms with Gasteiger partial charge in [-0.05, 0) is 140 Å². The normalized spacial score (nSPS) is 25.2. The van der Waals surface area contributed by atoms with E-state index in [-0.39, 0.29) is 161 Å². The Bertz CT molecular complexity index is 2650. The third-order valence-corrected chi connectivity index (χ3v) is 27.0. The van der Waals surface area contributed by atoms with Crippen LogP contribution in [0, 0.1) is 35.0 Å². The maximum absolute atomic E-state index is 14.3. The lowest BCUT2D eigenvalue weighted by molar-refractivity contribution is -0.282.